The number of thioether (sulfide) groups is 1. The highest BCUT2D eigenvalue weighted by molar-refractivity contribution is 8.00. The summed E-state index contributed by atoms with van der Waals surface area (Å²) < 4.78 is 0. The average Bonchev–Trinajstić information content (AvgIpc) is 3.08. The van der Waals surface area contributed by atoms with Crippen LogP contribution in [0, 0.1) is 5.92 Å². The minimum Gasteiger partial charge on any atom is -0.356 e. The van der Waals surface area contributed by atoms with Crippen LogP contribution in [-0.4, -0.2) is 179 Å². The van der Waals surface area contributed by atoms with Gasteiger partial charge < -0.3 is 69.1 Å². The van der Waals surface area contributed by atoms with E-state index in [2.05, 4.69) is 69.1 Å². The second-order valence-corrected chi connectivity index (χ2v) is 25.6. The summed E-state index contributed by atoms with van der Waals surface area (Å²) in [6.07, 6.45) is 17.7. The zero-order chi connectivity index (χ0) is 64.3. The molecule has 9 atom stereocenters. The summed E-state index contributed by atoms with van der Waals surface area (Å²) in [6.45, 7) is 6.54. The van der Waals surface area contributed by atoms with Gasteiger partial charge in [-0.25, -0.2) is 0 Å². The molecule has 0 radical (unpaired) electrons. The highest BCUT2D eigenvalue weighted by Gasteiger charge is 2.43. The number of Topliss-reactive ketones (excluding diaryl/α,β-unsaturated/α-hetero) is 1. The highest BCUT2D eigenvalue weighted by Crippen LogP contribution is 2.39. The lowest BCUT2D eigenvalue weighted by atomic mass is 9.97. The second-order valence-electron chi connectivity index (χ2n) is 24.3. The summed E-state index contributed by atoms with van der Waals surface area (Å²) in [4.78, 5) is 148. The Morgan fingerprint density at radius 2 is 0.693 bits per heavy atom. The molecule has 10 amide bonds. The van der Waals surface area contributed by atoms with Gasteiger partial charge in [-0.05, 0) is 188 Å². The molecule has 25 heteroatoms. The number of fused-ring (bicyclic) bond motifs is 1. The van der Waals surface area contributed by atoms with Crippen LogP contribution in [0.4, 0.5) is 0 Å². The molecule has 0 spiro atoms. The Balaban J connectivity index is 1.81. The molecule has 3 unspecified atom stereocenters. The number of ketones is 1. The molecule has 502 valence electrons. The van der Waals surface area contributed by atoms with E-state index in [1.54, 1.807) is 0 Å². The molecule has 3 aliphatic heterocycles. The van der Waals surface area contributed by atoms with Gasteiger partial charge >= 0.3 is 0 Å². The van der Waals surface area contributed by atoms with Crippen LogP contribution in [0.25, 0.3) is 0 Å². The summed E-state index contributed by atoms with van der Waals surface area (Å²) in [5.74, 6) is -2.71. The maximum atomic E-state index is 14.6. The van der Waals surface area contributed by atoms with E-state index in [9.17, 15) is 52.7 Å². The number of hydrogen-bond donors (Lipinski definition) is 13. The average molecular weight is 1260 g/mol. The van der Waals surface area contributed by atoms with E-state index >= 15 is 0 Å². The fraction of sp³-hybridized carbons (Fsp3) is 0.825. The largest absolute Gasteiger partial charge is 0.356 e. The summed E-state index contributed by atoms with van der Waals surface area (Å²) in [5.41, 5.74) is 0. The summed E-state index contributed by atoms with van der Waals surface area (Å²) in [5, 5.41) is 38.3. The minimum absolute atomic E-state index is 0.0754. The van der Waals surface area contributed by atoms with E-state index < -0.39 is 71.7 Å². The number of rotatable bonds is 44. The van der Waals surface area contributed by atoms with E-state index in [1.807, 2.05) is 32.9 Å². The molecule has 24 nitrogen and oxygen atoms in total. The van der Waals surface area contributed by atoms with Crippen molar-refractivity contribution in [3.05, 3.63) is 0 Å². The maximum absolute atomic E-state index is 14.6. The summed E-state index contributed by atoms with van der Waals surface area (Å²) >= 11 is 1.89. The summed E-state index contributed by atoms with van der Waals surface area (Å²) in [6, 6.07) is -6.95. The van der Waals surface area contributed by atoms with Crippen molar-refractivity contribution in [3.63, 3.8) is 0 Å². The Morgan fingerprint density at radius 1 is 0.375 bits per heavy atom. The Hall–Kier alpha value is -5.40. The SMILES string of the molecule is CNCCCCCC(=O)CCCCC[C@@H]1NC(=O)[C@@H](C)NC(=O)[C@H](CCCCNC(=O)CCCCCNC)NC(=O)[C@@H](C)NC(=O)[C@H](CCCCNC(=O)CCCCCNC)NC(=O)[C@@H](CCCCNC(=O)CCCCC2SCC3CC(=O)NC32)NC1=O. The van der Waals surface area contributed by atoms with Crippen LogP contribution in [-0.2, 0) is 52.7 Å². The van der Waals surface area contributed by atoms with Crippen molar-refractivity contribution in [3.8, 4) is 0 Å². The first-order valence-corrected chi connectivity index (χ1v) is 34.5. The molecule has 3 aliphatic rings. The third-order valence-electron chi connectivity index (χ3n) is 16.6. The topological polar surface area (TPSA) is 344 Å². The van der Waals surface area contributed by atoms with Gasteiger partial charge in [0.2, 0.25) is 59.1 Å². The van der Waals surface area contributed by atoms with Gasteiger partial charge in [0.05, 0.1) is 0 Å². The molecule has 0 aliphatic carbocycles. The first-order valence-electron chi connectivity index (χ1n) is 33.4. The van der Waals surface area contributed by atoms with E-state index in [-0.39, 0.29) is 61.1 Å². The highest BCUT2D eigenvalue weighted by atomic mass is 32.2. The molecule has 0 aromatic carbocycles. The second kappa shape index (κ2) is 46.6. The number of unbranched alkanes of at least 4 members (excludes halogenated alkanes) is 12. The van der Waals surface area contributed by atoms with Gasteiger partial charge in [0.15, 0.2) is 0 Å². The van der Waals surface area contributed by atoms with E-state index in [1.165, 1.54) is 13.8 Å². The normalized spacial score (nSPS) is 22.8. The summed E-state index contributed by atoms with van der Waals surface area (Å²) in [7, 11) is 5.66. The first-order chi connectivity index (χ1) is 42.4. The zero-order valence-corrected chi connectivity index (χ0v) is 54.8. The van der Waals surface area contributed by atoms with Gasteiger partial charge in [0, 0.05) is 69.5 Å². The van der Waals surface area contributed by atoms with Gasteiger partial charge in [0.25, 0.3) is 0 Å². The third-order valence-corrected chi connectivity index (χ3v) is 18.2. The molecule has 88 heavy (non-hydrogen) atoms. The number of carbonyl (C=O) groups excluding carboxylic acids is 11. The van der Waals surface area contributed by atoms with Crippen LogP contribution in [0.5, 0.6) is 0 Å². The van der Waals surface area contributed by atoms with Gasteiger partial charge in [0.1, 0.15) is 42.0 Å². The van der Waals surface area contributed by atoms with Crippen molar-refractivity contribution in [2.24, 2.45) is 5.92 Å². The molecule has 0 aromatic heterocycles. The van der Waals surface area contributed by atoms with Crippen molar-refractivity contribution in [2.45, 2.75) is 260 Å². The van der Waals surface area contributed by atoms with Crippen molar-refractivity contribution >= 4 is 76.6 Å². The smallest absolute Gasteiger partial charge is 0.243 e. The Morgan fingerprint density at radius 3 is 1.09 bits per heavy atom. The Labute approximate surface area is 528 Å². The van der Waals surface area contributed by atoms with Gasteiger partial charge in [-0.3, -0.25) is 52.7 Å². The number of nitrogens with one attached hydrogen (secondary N) is 13. The molecule has 13 N–H and O–H groups in total. The molecular formula is C63H113N13O11S. The van der Waals surface area contributed by atoms with Gasteiger partial charge in [-0.2, -0.15) is 11.8 Å². The quantitative estimate of drug-likeness (QED) is 0.0390. The van der Waals surface area contributed by atoms with Crippen molar-refractivity contribution in [1.29, 1.82) is 0 Å². The third kappa shape index (κ3) is 33.4. The molecule has 0 aromatic rings. The molecule has 0 saturated carbocycles. The van der Waals surface area contributed by atoms with Crippen LogP contribution < -0.4 is 69.1 Å². The van der Waals surface area contributed by atoms with Gasteiger partial charge in [-0.1, -0.05) is 38.5 Å². The fourth-order valence-electron chi connectivity index (χ4n) is 11.2. The predicted octanol–water partition coefficient (Wildman–Crippen LogP) is 2.85. The van der Waals surface area contributed by atoms with Crippen LogP contribution in [0.1, 0.15) is 213 Å². The van der Waals surface area contributed by atoms with Crippen LogP contribution >= 0.6 is 11.8 Å². The predicted molar refractivity (Wildman–Crippen MR) is 344 cm³/mol. The van der Waals surface area contributed by atoms with E-state index in [0.717, 1.165) is 96.0 Å². The van der Waals surface area contributed by atoms with Crippen molar-refractivity contribution < 1.29 is 52.7 Å². The number of hydrogen-bond acceptors (Lipinski definition) is 15. The Kier molecular flexibility index (Phi) is 40.7. The minimum atomic E-state index is -1.21. The molecule has 0 bridgehead atoms. The number of carbonyl (C=O) groups is 11. The fourth-order valence-corrected chi connectivity index (χ4v) is 12.8. The van der Waals surface area contributed by atoms with Crippen LogP contribution in [0.3, 0.4) is 0 Å². The first kappa shape index (κ1) is 76.8. The van der Waals surface area contributed by atoms with E-state index in [4.69, 9.17) is 0 Å². The molecule has 3 fully saturated rings. The van der Waals surface area contributed by atoms with Crippen LogP contribution in [0.15, 0.2) is 0 Å². The molecule has 3 rings (SSSR count). The standard InChI is InChI=1S/C63H113N13O11S/c1-44-58(82)72-48(29-17-23-39-67-53(78)33-13-8-21-37-65-4)60(84)70-45(2)59(83)73-50(28-12-6-10-26-47(77)27-11-7-20-36-64-3)62(86)75-51(31-19-25-41-69-55(80)35-16-15-32-52-57-46(43-88-52)42-56(81)76-57)63(87)74-49(61(85)71-44)30-18-24-40-68-54(79)34-14-9-22-38-66-5/h44-46,48-52,57,64-66H,6-43H2,1-5H3,(H,67,78)(H,68,79)(H,69,80)(H,70,84)(H,71,85)(H,72,82)(H,73,83)(H,74,87)(H,75,86)(H,76,81)/t44-,45-,46?,48+,49+,50+,51-,52?,57?/m1/s1. The molecule has 3 saturated heterocycles. The lowest BCUT2D eigenvalue weighted by Crippen LogP contribution is -2.60. The van der Waals surface area contributed by atoms with Crippen LogP contribution in [0.2, 0.25) is 0 Å². The lowest BCUT2D eigenvalue weighted by Gasteiger charge is -2.28. The number of amides is 10. The molecule has 3 heterocycles. The Bertz CT molecular complexity index is 2110. The van der Waals surface area contributed by atoms with Crippen molar-refractivity contribution in [2.75, 3.05) is 66.2 Å². The molecular weight excluding hydrogens is 1150 g/mol. The monoisotopic (exact) mass is 1260 g/mol. The maximum Gasteiger partial charge on any atom is 0.243 e. The lowest BCUT2D eigenvalue weighted by molar-refractivity contribution is -0.136. The zero-order valence-electron chi connectivity index (χ0n) is 54.0. The van der Waals surface area contributed by atoms with Crippen molar-refractivity contribution in [1.82, 2.24) is 69.1 Å². The van der Waals surface area contributed by atoms with E-state index in [0.29, 0.717) is 134 Å². The van der Waals surface area contributed by atoms with Gasteiger partial charge in [-0.15, -0.1) is 0 Å².